The van der Waals surface area contributed by atoms with Crippen molar-refractivity contribution in [2.24, 2.45) is 0 Å². The molecule has 6 nitrogen and oxygen atoms in total. The Kier molecular flexibility index (Phi) is 4.69. The second-order valence-corrected chi connectivity index (χ2v) is 9.04. The number of hydrogen-bond acceptors (Lipinski definition) is 4. The number of rotatable bonds is 4. The van der Waals surface area contributed by atoms with E-state index in [4.69, 9.17) is 16.0 Å². The average Bonchev–Trinajstić information content (AvgIpc) is 3.24. The lowest BCUT2D eigenvalue weighted by molar-refractivity contribution is -0.116. The van der Waals surface area contributed by atoms with Gasteiger partial charge in [0.1, 0.15) is 11.3 Å². The summed E-state index contributed by atoms with van der Waals surface area (Å²) >= 11 is 5.99. The molecule has 0 fully saturated rings. The molecule has 0 spiro atoms. The van der Waals surface area contributed by atoms with E-state index >= 15 is 0 Å². The van der Waals surface area contributed by atoms with Crippen LogP contribution in [0.3, 0.4) is 0 Å². The number of furan rings is 1. The van der Waals surface area contributed by atoms with Crippen molar-refractivity contribution in [1.29, 1.82) is 0 Å². The molecule has 0 radical (unpaired) electrons. The minimum atomic E-state index is -3.75. The maximum atomic E-state index is 12.8. The van der Waals surface area contributed by atoms with Crippen LogP contribution in [0.5, 0.6) is 0 Å². The van der Waals surface area contributed by atoms with Gasteiger partial charge in [-0.05, 0) is 61.4 Å². The zero-order valence-corrected chi connectivity index (χ0v) is 17.0. The highest BCUT2D eigenvalue weighted by molar-refractivity contribution is 7.89. The molecule has 2 heterocycles. The Hall–Kier alpha value is -2.35. The van der Waals surface area contributed by atoms with Crippen LogP contribution < -0.4 is 9.62 Å². The van der Waals surface area contributed by atoms with E-state index in [0.29, 0.717) is 29.3 Å². The predicted molar refractivity (Wildman–Crippen MR) is 108 cm³/mol. The first-order valence-corrected chi connectivity index (χ1v) is 10.7. The van der Waals surface area contributed by atoms with Gasteiger partial charge in [0.15, 0.2) is 0 Å². The number of carbonyl (C=O) groups is 1. The Labute approximate surface area is 168 Å². The van der Waals surface area contributed by atoms with Crippen molar-refractivity contribution >= 4 is 44.2 Å². The summed E-state index contributed by atoms with van der Waals surface area (Å²) in [6.45, 7) is 3.80. The van der Waals surface area contributed by atoms with E-state index in [1.54, 1.807) is 48.2 Å². The molecule has 0 saturated heterocycles. The Morgan fingerprint density at radius 1 is 1.21 bits per heavy atom. The number of fused-ring (bicyclic) bond motifs is 2. The summed E-state index contributed by atoms with van der Waals surface area (Å²) in [7, 11) is -3.75. The predicted octanol–water partition coefficient (Wildman–Crippen LogP) is 4.03. The summed E-state index contributed by atoms with van der Waals surface area (Å²) in [6, 6.07) is 11.3. The van der Waals surface area contributed by atoms with E-state index in [0.717, 1.165) is 16.6 Å². The van der Waals surface area contributed by atoms with Gasteiger partial charge in [-0.15, -0.1) is 0 Å². The Morgan fingerprint density at radius 2 is 2.00 bits per heavy atom. The fourth-order valence-electron chi connectivity index (χ4n) is 3.48. The van der Waals surface area contributed by atoms with E-state index in [9.17, 15) is 13.2 Å². The van der Waals surface area contributed by atoms with Crippen molar-refractivity contribution in [3.8, 4) is 0 Å². The van der Waals surface area contributed by atoms with Crippen LogP contribution in [0.15, 0.2) is 51.8 Å². The van der Waals surface area contributed by atoms with Crippen LogP contribution in [0.25, 0.3) is 11.0 Å². The first-order chi connectivity index (χ1) is 13.2. The van der Waals surface area contributed by atoms with Crippen molar-refractivity contribution in [2.45, 2.75) is 31.2 Å². The smallest absolute Gasteiger partial charge is 0.241 e. The summed E-state index contributed by atoms with van der Waals surface area (Å²) in [5.74, 6) is 0.454. The number of hydrogen-bond donors (Lipinski definition) is 1. The third-order valence-electron chi connectivity index (χ3n) is 4.89. The summed E-state index contributed by atoms with van der Waals surface area (Å²) in [5.41, 5.74) is 2.27. The van der Waals surface area contributed by atoms with Gasteiger partial charge in [-0.3, -0.25) is 4.79 Å². The number of carbonyl (C=O) groups excluding carboxylic acids is 1. The normalized spacial score (nSPS) is 15.0. The van der Waals surface area contributed by atoms with Gasteiger partial charge in [0.25, 0.3) is 0 Å². The molecule has 0 saturated carbocycles. The molecule has 1 amide bonds. The second kappa shape index (κ2) is 6.92. The number of anilines is 1. The van der Waals surface area contributed by atoms with Crippen LogP contribution in [-0.4, -0.2) is 20.9 Å². The molecule has 1 atom stereocenters. The highest BCUT2D eigenvalue weighted by atomic mass is 35.5. The first-order valence-electron chi connectivity index (χ1n) is 8.87. The highest BCUT2D eigenvalue weighted by Gasteiger charge is 2.26. The molecule has 1 aliphatic rings. The molecule has 1 aromatic heterocycles. The summed E-state index contributed by atoms with van der Waals surface area (Å²) in [6.07, 6.45) is 0.637. The number of sulfonamides is 1. The fraction of sp³-hybridized carbons (Fsp3) is 0.250. The minimum absolute atomic E-state index is 0.0499. The summed E-state index contributed by atoms with van der Waals surface area (Å²) in [5, 5.41) is 1.40. The van der Waals surface area contributed by atoms with E-state index in [-0.39, 0.29) is 10.8 Å². The number of amides is 1. The molecule has 1 unspecified atom stereocenters. The van der Waals surface area contributed by atoms with Gasteiger partial charge in [0.05, 0.1) is 10.9 Å². The lowest BCUT2D eigenvalue weighted by atomic mass is 10.2. The van der Waals surface area contributed by atoms with Crippen molar-refractivity contribution in [1.82, 2.24) is 4.72 Å². The fourth-order valence-corrected chi connectivity index (χ4v) is 4.92. The maximum Gasteiger partial charge on any atom is 0.241 e. The molecular formula is C20H19ClN2O4S. The molecule has 1 N–H and O–H groups in total. The zero-order valence-electron chi connectivity index (χ0n) is 15.4. The van der Waals surface area contributed by atoms with E-state index in [2.05, 4.69) is 4.72 Å². The maximum absolute atomic E-state index is 12.8. The minimum Gasteiger partial charge on any atom is -0.459 e. The van der Waals surface area contributed by atoms with Gasteiger partial charge in [0, 0.05) is 29.6 Å². The molecule has 0 aliphatic carbocycles. The molecule has 0 bridgehead atoms. The van der Waals surface area contributed by atoms with Crippen LogP contribution in [0.1, 0.15) is 31.2 Å². The second-order valence-electron chi connectivity index (χ2n) is 6.89. The molecule has 4 rings (SSSR count). The molecule has 8 heteroatoms. The van der Waals surface area contributed by atoms with Gasteiger partial charge in [-0.1, -0.05) is 11.6 Å². The van der Waals surface area contributed by atoms with E-state index < -0.39 is 16.1 Å². The van der Waals surface area contributed by atoms with Crippen molar-refractivity contribution in [3.05, 3.63) is 58.8 Å². The lowest BCUT2D eigenvalue weighted by Gasteiger charge is -2.16. The molecule has 2 aromatic carbocycles. The van der Waals surface area contributed by atoms with E-state index in [1.165, 1.54) is 13.0 Å². The summed E-state index contributed by atoms with van der Waals surface area (Å²) in [4.78, 5) is 13.5. The summed E-state index contributed by atoms with van der Waals surface area (Å²) < 4.78 is 34.1. The van der Waals surface area contributed by atoms with Gasteiger partial charge in [0.2, 0.25) is 15.9 Å². The first kappa shape index (κ1) is 19.0. The Balaban J connectivity index is 1.59. The van der Waals surface area contributed by atoms with Crippen LogP contribution in [0.2, 0.25) is 5.02 Å². The van der Waals surface area contributed by atoms with Crippen LogP contribution in [-0.2, 0) is 21.2 Å². The highest BCUT2D eigenvalue weighted by Crippen LogP contribution is 2.31. The van der Waals surface area contributed by atoms with E-state index in [1.807, 2.05) is 0 Å². The quantitative estimate of drug-likeness (QED) is 0.693. The molecule has 146 valence electrons. The zero-order chi connectivity index (χ0) is 20.1. The van der Waals surface area contributed by atoms with Crippen LogP contribution in [0, 0.1) is 0 Å². The largest absolute Gasteiger partial charge is 0.459 e. The number of nitrogens with one attached hydrogen (secondary N) is 1. The number of nitrogens with zero attached hydrogens (tertiary/aromatic N) is 1. The third kappa shape index (κ3) is 3.41. The number of halogens is 1. The van der Waals surface area contributed by atoms with Crippen LogP contribution in [0.4, 0.5) is 5.69 Å². The molecule has 28 heavy (non-hydrogen) atoms. The molecular weight excluding hydrogens is 400 g/mol. The number of benzene rings is 2. The van der Waals surface area contributed by atoms with Gasteiger partial charge >= 0.3 is 0 Å². The SMILES string of the molecule is CC(=O)N1CCc2cc(S(=O)(=O)NC(C)c3cc4cc(Cl)ccc4o3)ccc21. The van der Waals surface area contributed by atoms with Gasteiger partial charge in [-0.25, -0.2) is 13.1 Å². The molecule has 3 aromatic rings. The van der Waals surface area contributed by atoms with Gasteiger partial charge < -0.3 is 9.32 Å². The Morgan fingerprint density at radius 3 is 2.75 bits per heavy atom. The van der Waals surface area contributed by atoms with Gasteiger partial charge in [-0.2, -0.15) is 0 Å². The average molecular weight is 419 g/mol. The standard InChI is InChI=1S/C20H19ClN2O4S/c1-12(20-11-15-9-16(21)3-6-19(15)27-20)22-28(25,26)17-4-5-18-14(10-17)7-8-23(18)13(2)24/h3-6,9-12,22H,7-8H2,1-2H3. The van der Waals surface area contributed by atoms with Crippen molar-refractivity contribution in [2.75, 3.05) is 11.4 Å². The third-order valence-corrected chi connectivity index (χ3v) is 6.67. The monoisotopic (exact) mass is 418 g/mol. The van der Waals surface area contributed by atoms with Crippen LogP contribution >= 0.6 is 11.6 Å². The molecule has 1 aliphatic heterocycles. The topological polar surface area (TPSA) is 79.6 Å². The Bertz CT molecular complexity index is 1190. The van der Waals surface area contributed by atoms with Crippen molar-refractivity contribution in [3.63, 3.8) is 0 Å². The van der Waals surface area contributed by atoms with Crippen molar-refractivity contribution < 1.29 is 17.6 Å². The lowest BCUT2D eigenvalue weighted by Crippen LogP contribution is -2.27.